The average molecular weight is 432 g/mol. The van der Waals surface area contributed by atoms with Gasteiger partial charge in [-0.25, -0.2) is 4.98 Å². The maximum absolute atomic E-state index is 12.7. The first-order chi connectivity index (χ1) is 15.6. The van der Waals surface area contributed by atoms with Crippen LogP contribution >= 0.6 is 0 Å². The molecule has 0 fully saturated rings. The minimum Gasteiger partial charge on any atom is -0.338 e. The first kappa shape index (κ1) is 21.7. The van der Waals surface area contributed by atoms with Gasteiger partial charge in [-0.3, -0.25) is 14.3 Å². The minimum absolute atomic E-state index is 0.00220. The fourth-order valence-corrected chi connectivity index (χ4v) is 3.98. The first-order valence-corrected chi connectivity index (χ1v) is 11.1. The number of carbonyl (C=O) groups excluding carboxylic acids is 2. The van der Waals surface area contributed by atoms with E-state index in [4.69, 9.17) is 0 Å². The second-order valence-corrected chi connectivity index (χ2v) is 8.34. The van der Waals surface area contributed by atoms with Crippen molar-refractivity contribution in [3.8, 4) is 0 Å². The first-order valence-electron chi connectivity index (χ1n) is 11.1. The summed E-state index contributed by atoms with van der Waals surface area (Å²) in [6.07, 6.45) is 6.39. The normalized spacial score (nSPS) is 13.0. The predicted octanol–water partition coefficient (Wildman–Crippen LogP) is 3.52. The Bertz CT molecular complexity index is 1060. The number of nitrogens with zero attached hydrogens (tertiary/aromatic N) is 4. The van der Waals surface area contributed by atoms with Crippen LogP contribution in [0.15, 0.2) is 55.1 Å². The Morgan fingerprint density at radius 2 is 1.91 bits per heavy atom. The van der Waals surface area contributed by atoms with E-state index in [2.05, 4.69) is 52.7 Å². The molecule has 7 heteroatoms. The van der Waals surface area contributed by atoms with Crippen molar-refractivity contribution in [2.75, 3.05) is 11.9 Å². The van der Waals surface area contributed by atoms with E-state index in [1.54, 1.807) is 11.0 Å². The van der Waals surface area contributed by atoms with E-state index in [1.807, 2.05) is 17.0 Å². The summed E-state index contributed by atoms with van der Waals surface area (Å²) in [5.41, 5.74) is 5.52. The summed E-state index contributed by atoms with van der Waals surface area (Å²) in [5.74, 6) is 0.158. The molecule has 32 heavy (non-hydrogen) atoms. The van der Waals surface area contributed by atoms with Crippen molar-refractivity contribution >= 4 is 17.5 Å². The van der Waals surface area contributed by atoms with Crippen molar-refractivity contribution in [1.82, 2.24) is 19.7 Å². The smallest absolute Gasteiger partial charge is 0.224 e. The second kappa shape index (κ2) is 10.2. The number of hydrogen-bond acceptors (Lipinski definition) is 4. The molecule has 0 saturated carbocycles. The summed E-state index contributed by atoms with van der Waals surface area (Å²) in [6, 6.07) is 14.3. The van der Waals surface area contributed by atoms with Crippen molar-refractivity contribution in [2.24, 2.45) is 0 Å². The maximum atomic E-state index is 12.7. The lowest BCUT2D eigenvalue weighted by atomic mass is 9.98. The number of hydrogen-bond donors (Lipinski definition) is 1. The topological polar surface area (TPSA) is 80.1 Å². The molecule has 0 radical (unpaired) electrons. The lowest BCUT2D eigenvalue weighted by Crippen LogP contribution is -2.36. The fourth-order valence-electron chi connectivity index (χ4n) is 3.98. The van der Waals surface area contributed by atoms with Crippen LogP contribution in [0.5, 0.6) is 0 Å². The summed E-state index contributed by atoms with van der Waals surface area (Å²) in [4.78, 5) is 30.9. The van der Waals surface area contributed by atoms with Crippen molar-refractivity contribution in [3.05, 3.63) is 77.4 Å². The van der Waals surface area contributed by atoms with Gasteiger partial charge >= 0.3 is 0 Å². The van der Waals surface area contributed by atoms with Gasteiger partial charge in [-0.1, -0.05) is 35.9 Å². The van der Waals surface area contributed by atoms with Gasteiger partial charge in [0.15, 0.2) is 0 Å². The van der Waals surface area contributed by atoms with Crippen molar-refractivity contribution in [2.45, 2.75) is 52.1 Å². The predicted molar refractivity (Wildman–Crippen MR) is 123 cm³/mol. The summed E-state index contributed by atoms with van der Waals surface area (Å²) >= 11 is 0. The molecule has 0 unspecified atom stereocenters. The summed E-state index contributed by atoms with van der Waals surface area (Å²) in [6.45, 7) is 4.07. The second-order valence-electron chi connectivity index (χ2n) is 8.34. The monoisotopic (exact) mass is 431 g/mol. The number of anilines is 1. The standard InChI is InChI=1S/C25H29N5O2/c1-19-4-6-20(7-5-19)8-11-24(31)28-23-10-9-21-12-14-29(16-22(21)15-23)25(32)3-2-13-30-18-26-17-27-30/h4-7,9-10,15,17-18H,2-3,8,11-14,16H2,1H3,(H,28,31). The van der Waals surface area contributed by atoms with Crippen LogP contribution in [0.2, 0.25) is 0 Å². The number of aromatic nitrogens is 3. The number of carbonyl (C=O) groups is 2. The van der Waals surface area contributed by atoms with Crippen LogP contribution in [0.3, 0.4) is 0 Å². The van der Waals surface area contributed by atoms with Gasteiger partial charge < -0.3 is 10.2 Å². The molecular formula is C25H29N5O2. The highest BCUT2D eigenvalue weighted by atomic mass is 16.2. The van der Waals surface area contributed by atoms with Gasteiger partial charge in [0, 0.05) is 38.2 Å². The van der Waals surface area contributed by atoms with E-state index >= 15 is 0 Å². The third kappa shape index (κ3) is 5.81. The van der Waals surface area contributed by atoms with Gasteiger partial charge in [-0.15, -0.1) is 0 Å². The third-order valence-corrected chi connectivity index (χ3v) is 5.86. The summed E-state index contributed by atoms with van der Waals surface area (Å²) in [5, 5.41) is 7.08. The molecule has 0 aliphatic carbocycles. The minimum atomic E-state index is 0.00220. The van der Waals surface area contributed by atoms with Gasteiger partial charge in [-0.2, -0.15) is 5.10 Å². The largest absolute Gasteiger partial charge is 0.338 e. The number of aryl methyl sites for hydroxylation is 3. The zero-order valence-corrected chi connectivity index (χ0v) is 18.5. The van der Waals surface area contributed by atoms with Crippen LogP contribution in [0.1, 0.15) is 41.5 Å². The van der Waals surface area contributed by atoms with Gasteiger partial charge in [0.25, 0.3) is 0 Å². The molecule has 0 atom stereocenters. The highest BCUT2D eigenvalue weighted by Gasteiger charge is 2.21. The Hall–Kier alpha value is -3.48. The Labute approximate surface area is 188 Å². The molecule has 0 saturated heterocycles. The van der Waals surface area contributed by atoms with E-state index in [0.29, 0.717) is 32.4 Å². The molecule has 1 aromatic heterocycles. The van der Waals surface area contributed by atoms with Crippen molar-refractivity contribution in [1.29, 1.82) is 0 Å². The summed E-state index contributed by atoms with van der Waals surface area (Å²) in [7, 11) is 0. The Morgan fingerprint density at radius 3 is 2.69 bits per heavy atom. The van der Waals surface area contributed by atoms with Crippen LogP contribution in [0.25, 0.3) is 0 Å². The van der Waals surface area contributed by atoms with E-state index in [9.17, 15) is 9.59 Å². The molecule has 1 N–H and O–H groups in total. The molecule has 1 aliphatic heterocycles. The molecule has 0 spiro atoms. The van der Waals surface area contributed by atoms with E-state index < -0.39 is 0 Å². The van der Waals surface area contributed by atoms with Crippen LogP contribution in [0.4, 0.5) is 5.69 Å². The van der Waals surface area contributed by atoms with Crippen molar-refractivity contribution < 1.29 is 9.59 Å². The van der Waals surface area contributed by atoms with Gasteiger partial charge in [-0.05, 0) is 55.0 Å². The van der Waals surface area contributed by atoms with Gasteiger partial charge in [0.1, 0.15) is 12.7 Å². The van der Waals surface area contributed by atoms with Crippen LogP contribution < -0.4 is 5.32 Å². The molecule has 0 bridgehead atoms. The number of amides is 2. The van der Waals surface area contributed by atoms with Crippen molar-refractivity contribution in [3.63, 3.8) is 0 Å². The Morgan fingerprint density at radius 1 is 1.06 bits per heavy atom. The number of rotatable bonds is 8. The van der Waals surface area contributed by atoms with Gasteiger partial charge in [0.2, 0.25) is 11.8 Å². The highest BCUT2D eigenvalue weighted by Crippen LogP contribution is 2.23. The molecule has 2 amide bonds. The number of fused-ring (bicyclic) bond motifs is 1. The molecule has 1 aliphatic rings. The zero-order valence-electron chi connectivity index (χ0n) is 18.5. The summed E-state index contributed by atoms with van der Waals surface area (Å²) < 4.78 is 1.74. The number of nitrogens with one attached hydrogen (secondary N) is 1. The molecule has 2 heterocycles. The Balaban J connectivity index is 1.28. The molecule has 3 aromatic rings. The lowest BCUT2D eigenvalue weighted by molar-refractivity contribution is -0.132. The maximum Gasteiger partial charge on any atom is 0.224 e. The van der Waals surface area contributed by atoms with Crippen LogP contribution in [-0.4, -0.2) is 38.0 Å². The molecule has 2 aromatic carbocycles. The molecule has 4 rings (SSSR count). The highest BCUT2D eigenvalue weighted by molar-refractivity contribution is 5.91. The SMILES string of the molecule is Cc1ccc(CCC(=O)Nc2ccc3c(c2)CN(C(=O)CCCn2cncn2)CC3)cc1. The molecule has 7 nitrogen and oxygen atoms in total. The van der Waals surface area contributed by atoms with Gasteiger partial charge in [0.05, 0.1) is 0 Å². The van der Waals surface area contributed by atoms with Crippen LogP contribution in [-0.2, 0) is 35.5 Å². The number of benzene rings is 2. The van der Waals surface area contributed by atoms with E-state index in [-0.39, 0.29) is 11.8 Å². The quantitative estimate of drug-likeness (QED) is 0.592. The Kier molecular flexibility index (Phi) is 6.94. The molecular weight excluding hydrogens is 402 g/mol. The third-order valence-electron chi connectivity index (χ3n) is 5.86. The fraction of sp³-hybridized carbons (Fsp3) is 0.360. The van der Waals surface area contributed by atoms with E-state index in [1.165, 1.54) is 17.5 Å². The average Bonchev–Trinajstić information content (AvgIpc) is 3.32. The van der Waals surface area contributed by atoms with E-state index in [0.717, 1.165) is 36.2 Å². The zero-order chi connectivity index (χ0) is 22.3. The van der Waals surface area contributed by atoms with Crippen LogP contribution in [0, 0.1) is 6.92 Å². The molecule has 166 valence electrons. The lowest BCUT2D eigenvalue weighted by Gasteiger charge is -2.29.